The van der Waals surface area contributed by atoms with Gasteiger partial charge in [-0.05, 0) is 54.6 Å². The Morgan fingerprint density at radius 1 is 1.19 bits per heavy atom. The van der Waals surface area contributed by atoms with Crippen LogP contribution in [0.3, 0.4) is 0 Å². The third kappa shape index (κ3) is 4.57. The molecule has 7 nitrogen and oxygen atoms in total. The second-order valence-corrected chi connectivity index (χ2v) is 9.90. The van der Waals surface area contributed by atoms with Crippen molar-refractivity contribution in [3.05, 3.63) is 82.1 Å². The molecule has 1 saturated heterocycles. The first kappa shape index (κ1) is 24.3. The molecule has 4 heterocycles. The number of hydrogen-bond acceptors (Lipinski definition) is 4. The molecule has 0 amide bonds. The smallest absolute Gasteiger partial charge is 0.320 e. The van der Waals surface area contributed by atoms with Crippen LogP contribution in [-0.4, -0.2) is 41.7 Å². The Bertz CT molecular complexity index is 1450. The number of imidazole rings is 1. The molecule has 10 heteroatoms. The number of benzene rings is 1. The molecule has 4 aromatic rings. The van der Waals surface area contributed by atoms with E-state index in [1.54, 1.807) is 24.7 Å². The molecule has 36 heavy (non-hydrogen) atoms. The minimum absolute atomic E-state index is 0.116. The van der Waals surface area contributed by atoms with E-state index in [-0.39, 0.29) is 11.4 Å². The van der Waals surface area contributed by atoms with Gasteiger partial charge in [0, 0.05) is 38.4 Å². The molecular formula is C26H29F3N6O. The van der Waals surface area contributed by atoms with Gasteiger partial charge in [0.1, 0.15) is 12.2 Å². The first-order chi connectivity index (χ1) is 17.1. The van der Waals surface area contributed by atoms with Crippen LogP contribution >= 0.6 is 0 Å². The van der Waals surface area contributed by atoms with Gasteiger partial charge in [-0.25, -0.2) is 4.79 Å². The molecule has 3 aromatic heterocycles. The number of fused-ring (bicyclic) bond motifs is 1. The van der Waals surface area contributed by atoms with E-state index in [0.29, 0.717) is 23.7 Å². The zero-order valence-electron chi connectivity index (χ0n) is 20.5. The van der Waals surface area contributed by atoms with Crippen LogP contribution in [0.25, 0.3) is 11.2 Å². The summed E-state index contributed by atoms with van der Waals surface area (Å²) in [7, 11) is 1.85. The maximum Gasteiger partial charge on any atom is 0.418 e. The van der Waals surface area contributed by atoms with Crippen molar-refractivity contribution in [3.8, 4) is 5.69 Å². The minimum Gasteiger partial charge on any atom is -0.320 e. The Morgan fingerprint density at radius 3 is 2.69 bits per heavy atom. The van der Waals surface area contributed by atoms with Gasteiger partial charge >= 0.3 is 11.9 Å². The Hall–Kier alpha value is -3.40. The van der Waals surface area contributed by atoms with Crippen molar-refractivity contribution in [1.29, 1.82) is 0 Å². The van der Waals surface area contributed by atoms with Crippen molar-refractivity contribution in [2.75, 3.05) is 13.1 Å². The van der Waals surface area contributed by atoms with Crippen molar-refractivity contribution in [2.45, 2.75) is 45.3 Å². The highest BCUT2D eigenvalue weighted by Crippen LogP contribution is 2.34. The number of rotatable bonds is 5. The third-order valence-corrected chi connectivity index (χ3v) is 7.06. The molecule has 1 aliphatic rings. The lowest BCUT2D eigenvalue weighted by atomic mass is 10.00. The van der Waals surface area contributed by atoms with Gasteiger partial charge in [0.15, 0.2) is 0 Å². The maximum absolute atomic E-state index is 14.1. The highest BCUT2D eigenvalue weighted by molar-refractivity contribution is 5.58. The Labute approximate surface area is 206 Å². The quantitative estimate of drug-likeness (QED) is 0.403. The molecule has 0 aliphatic carbocycles. The number of hydrogen-bond donors (Lipinski definition) is 0. The second kappa shape index (κ2) is 9.24. The summed E-state index contributed by atoms with van der Waals surface area (Å²) in [4.78, 5) is 15.5. The molecular weight excluding hydrogens is 469 g/mol. The topological polar surface area (TPSA) is 60.4 Å². The first-order valence-corrected chi connectivity index (χ1v) is 12.1. The molecule has 1 aromatic carbocycles. The molecule has 0 N–H and O–H groups in total. The van der Waals surface area contributed by atoms with Crippen LogP contribution in [0.5, 0.6) is 0 Å². The Balaban J connectivity index is 1.57. The lowest BCUT2D eigenvalue weighted by molar-refractivity contribution is -0.136. The monoisotopic (exact) mass is 498 g/mol. The van der Waals surface area contributed by atoms with E-state index in [2.05, 4.69) is 22.0 Å². The summed E-state index contributed by atoms with van der Waals surface area (Å²) in [6.07, 6.45) is 2.01. The van der Waals surface area contributed by atoms with Crippen LogP contribution in [0, 0.1) is 5.92 Å². The number of piperidine rings is 1. The van der Waals surface area contributed by atoms with Gasteiger partial charge in [0.25, 0.3) is 0 Å². The van der Waals surface area contributed by atoms with Gasteiger partial charge in [-0.3, -0.25) is 13.9 Å². The number of likely N-dealkylation sites (tertiary alicyclic amines) is 1. The van der Waals surface area contributed by atoms with E-state index in [9.17, 15) is 18.0 Å². The highest BCUT2D eigenvalue weighted by Gasteiger charge is 2.35. The van der Waals surface area contributed by atoms with E-state index in [4.69, 9.17) is 0 Å². The summed E-state index contributed by atoms with van der Waals surface area (Å²) < 4.78 is 46.5. The van der Waals surface area contributed by atoms with Gasteiger partial charge < -0.3 is 4.57 Å². The molecule has 1 fully saturated rings. The second-order valence-electron chi connectivity index (χ2n) is 9.90. The lowest BCUT2D eigenvalue weighted by Gasteiger charge is -2.31. The lowest BCUT2D eigenvalue weighted by Crippen LogP contribution is -2.34. The van der Waals surface area contributed by atoms with E-state index in [1.165, 1.54) is 16.8 Å². The van der Waals surface area contributed by atoms with Crippen molar-refractivity contribution < 1.29 is 13.2 Å². The van der Waals surface area contributed by atoms with Crippen molar-refractivity contribution in [2.24, 2.45) is 13.0 Å². The van der Waals surface area contributed by atoms with Gasteiger partial charge in [-0.15, -0.1) is 10.2 Å². The molecule has 1 aliphatic heterocycles. The third-order valence-electron chi connectivity index (χ3n) is 7.06. The molecule has 0 radical (unpaired) electrons. The van der Waals surface area contributed by atoms with E-state index in [1.807, 2.05) is 30.7 Å². The first-order valence-electron chi connectivity index (χ1n) is 12.1. The predicted molar refractivity (Wildman–Crippen MR) is 130 cm³/mol. The average molecular weight is 499 g/mol. The number of pyridine rings is 1. The maximum atomic E-state index is 14.1. The fraction of sp³-hybridized carbons (Fsp3) is 0.423. The molecule has 0 bridgehead atoms. The van der Waals surface area contributed by atoms with E-state index < -0.39 is 17.4 Å². The van der Waals surface area contributed by atoms with E-state index >= 15 is 0 Å². The molecule has 5 rings (SSSR count). The van der Waals surface area contributed by atoms with Crippen molar-refractivity contribution in [3.63, 3.8) is 0 Å². The van der Waals surface area contributed by atoms with Crippen molar-refractivity contribution in [1.82, 2.24) is 28.6 Å². The zero-order chi connectivity index (χ0) is 25.6. The normalized spacial score (nSPS) is 18.1. The van der Waals surface area contributed by atoms with Crippen LogP contribution in [0.4, 0.5) is 13.2 Å². The SMILES string of the molecule is C[C@H]1CCCN(Cc2cc(C(F)(F)F)c3cn(-c4cccc([C@H](C)c5nncn5C)c4)c(=O)n3c2)C1. The Kier molecular flexibility index (Phi) is 6.23. The summed E-state index contributed by atoms with van der Waals surface area (Å²) >= 11 is 0. The van der Waals surface area contributed by atoms with Crippen LogP contribution in [0.2, 0.25) is 0 Å². The van der Waals surface area contributed by atoms with Crippen molar-refractivity contribution >= 4 is 5.52 Å². The number of nitrogens with zero attached hydrogens (tertiary/aromatic N) is 6. The molecule has 0 unspecified atom stereocenters. The number of aryl methyl sites for hydroxylation is 1. The summed E-state index contributed by atoms with van der Waals surface area (Å²) in [5, 5.41) is 8.08. The summed E-state index contributed by atoms with van der Waals surface area (Å²) in [5.41, 5.74) is 0.359. The summed E-state index contributed by atoms with van der Waals surface area (Å²) in [5.74, 6) is 1.14. The molecule has 0 spiro atoms. The standard InChI is InChI=1S/C26H29F3N6O/c1-17-6-5-9-33(12-17)13-19-10-22(26(27,28)29)23-15-34(25(36)35(23)14-19)21-8-4-7-20(11-21)18(2)24-31-30-16-32(24)3/h4,7-8,10-11,14-18H,5-6,9,12-13H2,1-3H3/t17-,18-/m0/s1. The number of aromatic nitrogens is 5. The van der Waals surface area contributed by atoms with Crippen LogP contribution < -0.4 is 5.69 Å². The van der Waals surface area contributed by atoms with Gasteiger partial charge in [-0.2, -0.15) is 13.2 Å². The van der Waals surface area contributed by atoms with Gasteiger partial charge in [0.05, 0.1) is 16.8 Å². The minimum atomic E-state index is -4.59. The molecule has 2 atom stereocenters. The number of alkyl halides is 3. The highest BCUT2D eigenvalue weighted by atomic mass is 19.4. The van der Waals surface area contributed by atoms with E-state index in [0.717, 1.165) is 41.7 Å². The molecule has 0 saturated carbocycles. The van der Waals surface area contributed by atoms with Gasteiger partial charge in [-0.1, -0.05) is 26.0 Å². The average Bonchev–Trinajstić information content (AvgIpc) is 3.41. The van der Waals surface area contributed by atoms with Crippen LogP contribution in [0.15, 0.2) is 53.8 Å². The number of halogens is 3. The Morgan fingerprint density at radius 2 is 2.00 bits per heavy atom. The summed E-state index contributed by atoms with van der Waals surface area (Å²) in [6, 6.07) is 8.41. The van der Waals surface area contributed by atoms with Gasteiger partial charge in [0.2, 0.25) is 0 Å². The summed E-state index contributed by atoms with van der Waals surface area (Å²) in [6.45, 7) is 6.19. The zero-order valence-corrected chi connectivity index (χ0v) is 20.5. The molecule has 190 valence electrons. The largest absolute Gasteiger partial charge is 0.418 e. The predicted octanol–water partition coefficient (Wildman–Crippen LogP) is 4.62. The van der Waals surface area contributed by atoms with Crippen LogP contribution in [0.1, 0.15) is 55.1 Å². The fourth-order valence-corrected chi connectivity index (χ4v) is 5.21. The fourth-order valence-electron chi connectivity index (χ4n) is 5.21. The van der Waals surface area contributed by atoms with Crippen LogP contribution in [-0.2, 0) is 19.8 Å².